The summed E-state index contributed by atoms with van der Waals surface area (Å²) in [6, 6.07) is 10.3. The van der Waals surface area contributed by atoms with Crippen LogP contribution in [0.3, 0.4) is 0 Å². The van der Waals surface area contributed by atoms with Gasteiger partial charge in [-0.2, -0.15) is 0 Å². The molecule has 0 saturated carbocycles. The van der Waals surface area contributed by atoms with Gasteiger partial charge in [0.25, 0.3) is 0 Å². The highest BCUT2D eigenvalue weighted by Gasteiger charge is 2.36. The summed E-state index contributed by atoms with van der Waals surface area (Å²) in [6.45, 7) is 21.6. The van der Waals surface area contributed by atoms with E-state index >= 15 is 0 Å². The van der Waals surface area contributed by atoms with Gasteiger partial charge in [-0.15, -0.1) is 0 Å². The number of carbonyl (C=O) groups is 1. The third-order valence-corrected chi connectivity index (χ3v) is 5.40. The van der Waals surface area contributed by atoms with E-state index in [2.05, 4.69) is 53.1 Å². The van der Waals surface area contributed by atoms with E-state index in [1.807, 2.05) is 37.3 Å². The van der Waals surface area contributed by atoms with Gasteiger partial charge in [-0.05, 0) is 43.7 Å². The molecule has 0 radical (unpaired) electrons. The van der Waals surface area contributed by atoms with E-state index in [1.54, 1.807) is 0 Å². The van der Waals surface area contributed by atoms with Crippen LogP contribution in [0.1, 0.15) is 66.4 Å². The van der Waals surface area contributed by atoms with E-state index in [0.29, 0.717) is 36.7 Å². The number of rotatable bonds is 11. The van der Waals surface area contributed by atoms with Gasteiger partial charge in [0.2, 0.25) is 0 Å². The van der Waals surface area contributed by atoms with Crippen LogP contribution < -0.4 is 5.32 Å². The Morgan fingerprint density at radius 3 is 2.35 bits per heavy atom. The maximum Gasteiger partial charge on any atom is 0.180 e. The van der Waals surface area contributed by atoms with Crippen LogP contribution in [0.5, 0.6) is 0 Å². The highest BCUT2D eigenvalue weighted by Crippen LogP contribution is 2.28. The molecule has 1 aromatic rings. The zero-order chi connectivity index (χ0) is 23.4. The molecule has 31 heavy (non-hydrogen) atoms. The van der Waals surface area contributed by atoms with Crippen LogP contribution in [0.2, 0.25) is 0 Å². The van der Waals surface area contributed by atoms with Crippen molar-refractivity contribution in [2.75, 3.05) is 6.61 Å². The average molecular weight is 430 g/mol. The van der Waals surface area contributed by atoms with Crippen LogP contribution in [0, 0.1) is 17.8 Å². The Balaban J connectivity index is 0.000000343. The first kappa shape index (κ1) is 27.0. The molecule has 1 aliphatic heterocycles. The number of hydrogen-bond acceptors (Lipinski definition) is 4. The molecule has 3 atom stereocenters. The van der Waals surface area contributed by atoms with Crippen LogP contribution >= 0.6 is 0 Å². The Morgan fingerprint density at radius 1 is 1.19 bits per heavy atom. The van der Waals surface area contributed by atoms with Gasteiger partial charge < -0.3 is 14.8 Å². The molecule has 2 rings (SSSR count). The molecule has 4 heteroatoms. The number of benzene rings is 1. The van der Waals surface area contributed by atoms with Crippen LogP contribution in [0.15, 0.2) is 54.9 Å². The van der Waals surface area contributed by atoms with Gasteiger partial charge in [0.05, 0.1) is 6.10 Å². The first-order chi connectivity index (χ1) is 14.6. The monoisotopic (exact) mass is 429 g/mol. The van der Waals surface area contributed by atoms with E-state index in [-0.39, 0.29) is 18.1 Å². The minimum absolute atomic E-state index is 0.157. The molecule has 1 aliphatic rings. The predicted octanol–water partition coefficient (Wildman–Crippen LogP) is 6.28. The molecule has 0 aliphatic carbocycles. The second-order valence-corrected chi connectivity index (χ2v) is 9.24. The van der Waals surface area contributed by atoms with Crippen LogP contribution in [0.4, 0.5) is 0 Å². The summed E-state index contributed by atoms with van der Waals surface area (Å²) in [5.41, 5.74) is 2.25. The van der Waals surface area contributed by atoms with Crippen molar-refractivity contribution in [3.8, 4) is 0 Å². The lowest BCUT2D eigenvalue weighted by Gasteiger charge is -2.23. The molecule has 1 aromatic carbocycles. The molecule has 0 amide bonds. The molecule has 1 saturated heterocycles. The molecular weight excluding hydrogens is 386 g/mol. The predicted molar refractivity (Wildman–Crippen MR) is 130 cm³/mol. The highest BCUT2D eigenvalue weighted by molar-refractivity contribution is 5.84. The van der Waals surface area contributed by atoms with Crippen LogP contribution in [-0.2, 0) is 20.9 Å². The Kier molecular flexibility index (Phi) is 12.2. The normalized spacial score (nSPS) is 19.0. The Morgan fingerprint density at radius 2 is 1.84 bits per heavy atom. The molecule has 3 unspecified atom stereocenters. The molecule has 0 bridgehead atoms. The fourth-order valence-electron chi connectivity index (χ4n) is 3.78. The minimum Gasteiger partial charge on any atom is -0.475 e. The van der Waals surface area contributed by atoms with E-state index in [4.69, 9.17) is 9.47 Å². The first-order valence-electron chi connectivity index (χ1n) is 11.6. The van der Waals surface area contributed by atoms with Gasteiger partial charge in [0.1, 0.15) is 13.2 Å². The molecule has 1 N–H and O–H groups in total. The van der Waals surface area contributed by atoms with Crippen molar-refractivity contribution in [2.24, 2.45) is 17.8 Å². The van der Waals surface area contributed by atoms with Gasteiger partial charge in [0, 0.05) is 12.0 Å². The second-order valence-electron chi connectivity index (χ2n) is 9.24. The summed E-state index contributed by atoms with van der Waals surface area (Å²) >= 11 is 0. The number of ketones is 1. The maximum absolute atomic E-state index is 11.4. The van der Waals surface area contributed by atoms with Crippen molar-refractivity contribution >= 4 is 5.78 Å². The third kappa shape index (κ3) is 10.2. The lowest BCUT2D eigenvalue weighted by Crippen LogP contribution is -2.31. The largest absolute Gasteiger partial charge is 0.475 e. The first-order valence-corrected chi connectivity index (χ1v) is 11.6. The number of hydrogen-bond donors (Lipinski definition) is 1. The van der Waals surface area contributed by atoms with Gasteiger partial charge in [0.15, 0.2) is 11.7 Å². The van der Waals surface area contributed by atoms with E-state index in [9.17, 15) is 4.79 Å². The summed E-state index contributed by atoms with van der Waals surface area (Å²) < 4.78 is 11.1. The molecule has 0 aromatic heterocycles. The molecule has 1 fully saturated rings. The quantitative estimate of drug-likeness (QED) is 0.332. The Bertz CT molecular complexity index is 681. The molecule has 4 nitrogen and oxygen atoms in total. The topological polar surface area (TPSA) is 47.6 Å². The van der Waals surface area contributed by atoms with Gasteiger partial charge in [-0.3, -0.25) is 4.79 Å². The molecule has 174 valence electrons. The van der Waals surface area contributed by atoms with Crippen molar-refractivity contribution in [3.63, 3.8) is 0 Å². The Hall–Kier alpha value is -2.07. The van der Waals surface area contributed by atoms with Gasteiger partial charge >= 0.3 is 0 Å². The lowest BCUT2D eigenvalue weighted by molar-refractivity contribution is -0.121. The van der Waals surface area contributed by atoms with Gasteiger partial charge in [-0.1, -0.05) is 83.5 Å². The van der Waals surface area contributed by atoms with Crippen LogP contribution in [0.25, 0.3) is 0 Å². The SMILES string of the molecule is C=C(NC(CC(C)C)C(=C)C)OCc1ccccc1.CCCC1OCC(=O)C1C(C)C. The van der Waals surface area contributed by atoms with Gasteiger partial charge in [-0.25, -0.2) is 0 Å². The lowest BCUT2D eigenvalue weighted by atomic mass is 9.87. The number of carbonyl (C=O) groups excluding carboxylic acids is 1. The van der Waals surface area contributed by atoms with Crippen LogP contribution in [-0.4, -0.2) is 24.5 Å². The smallest absolute Gasteiger partial charge is 0.180 e. The summed E-state index contributed by atoms with van der Waals surface area (Å²) in [5.74, 6) is 2.10. The van der Waals surface area contributed by atoms with E-state index < -0.39 is 0 Å². The minimum atomic E-state index is 0.157. The second kappa shape index (κ2) is 14.1. The summed E-state index contributed by atoms with van der Waals surface area (Å²) in [4.78, 5) is 11.4. The highest BCUT2D eigenvalue weighted by atomic mass is 16.5. The summed E-state index contributed by atoms with van der Waals surface area (Å²) in [6.07, 6.45) is 3.35. The zero-order valence-corrected chi connectivity index (χ0v) is 20.4. The standard InChI is InChI=1S/C17H25NO.C10H18O2/c1-13(2)11-17(14(3)4)18-15(5)19-12-16-9-7-6-8-10-16;1-4-5-9-10(7(2)3)8(11)6-12-9/h6-10,13,17-18H,3,5,11-12H2,1-2,4H3;7,9-10H,4-6H2,1-3H3. The van der Waals surface area contributed by atoms with Crippen molar-refractivity contribution in [1.82, 2.24) is 5.32 Å². The Labute approximate surface area is 190 Å². The summed E-state index contributed by atoms with van der Waals surface area (Å²) in [7, 11) is 0. The number of nitrogens with one attached hydrogen (secondary N) is 1. The fraction of sp³-hybridized carbons (Fsp3) is 0.593. The van der Waals surface area contributed by atoms with Crippen molar-refractivity contribution < 1.29 is 14.3 Å². The van der Waals surface area contributed by atoms with E-state index in [0.717, 1.165) is 30.4 Å². The average Bonchev–Trinajstić information content (AvgIpc) is 3.07. The zero-order valence-electron chi connectivity index (χ0n) is 20.4. The number of Topliss-reactive ketones (excluding diaryl/α,β-unsaturated/α-hetero) is 1. The fourth-order valence-corrected chi connectivity index (χ4v) is 3.78. The van der Waals surface area contributed by atoms with E-state index in [1.165, 1.54) is 0 Å². The maximum atomic E-state index is 11.4. The number of ether oxygens (including phenoxy) is 2. The molecule has 0 spiro atoms. The van der Waals surface area contributed by atoms with Crippen molar-refractivity contribution in [3.05, 3.63) is 60.5 Å². The summed E-state index contributed by atoms with van der Waals surface area (Å²) in [5, 5.41) is 3.30. The third-order valence-electron chi connectivity index (χ3n) is 5.40. The molecular formula is C27H43NO3. The molecule has 1 heterocycles. The van der Waals surface area contributed by atoms with Crippen molar-refractivity contribution in [1.29, 1.82) is 0 Å². The van der Waals surface area contributed by atoms with Crippen molar-refractivity contribution in [2.45, 2.75) is 79.6 Å².